The number of pyridine rings is 1. The molecular formula is C24H23N5O. The molecule has 2 aromatic heterocycles. The van der Waals surface area contributed by atoms with Gasteiger partial charge in [0, 0.05) is 53.4 Å². The quantitative estimate of drug-likeness (QED) is 0.448. The van der Waals surface area contributed by atoms with E-state index in [1.54, 1.807) is 17.3 Å². The number of fused-ring (bicyclic) bond motifs is 2. The summed E-state index contributed by atoms with van der Waals surface area (Å²) >= 11 is 0. The predicted octanol–water partition coefficient (Wildman–Crippen LogP) is 5.08. The summed E-state index contributed by atoms with van der Waals surface area (Å²) in [6.07, 6.45) is 4.01. The maximum absolute atomic E-state index is 12.6. The molecule has 2 amide bonds. The van der Waals surface area contributed by atoms with Gasteiger partial charge in [-0.25, -0.2) is 9.78 Å². The van der Waals surface area contributed by atoms with E-state index in [1.165, 1.54) is 0 Å². The molecule has 150 valence electrons. The van der Waals surface area contributed by atoms with E-state index in [1.807, 2.05) is 61.5 Å². The van der Waals surface area contributed by atoms with Crippen LogP contribution in [0.4, 0.5) is 21.9 Å². The van der Waals surface area contributed by atoms with Gasteiger partial charge in [0.1, 0.15) is 5.65 Å². The summed E-state index contributed by atoms with van der Waals surface area (Å²) in [5, 5.41) is 6.55. The van der Waals surface area contributed by atoms with Crippen LogP contribution in [0.15, 0.2) is 67.0 Å². The third-order valence-electron chi connectivity index (χ3n) is 5.26. The second-order valence-corrected chi connectivity index (χ2v) is 7.37. The molecule has 6 heteroatoms. The summed E-state index contributed by atoms with van der Waals surface area (Å²) in [6.45, 7) is 0.738. The summed E-state index contributed by atoms with van der Waals surface area (Å²) in [7, 11) is 0. The molecule has 5 rings (SSSR count). The van der Waals surface area contributed by atoms with Crippen molar-refractivity contribution in [2.45, 2.75) is 19.8 Å². The number of H-pyrrole nitrogens is 1. The van der Waals surface area contributed by atoms with Gasteiger partial charge in [0.15, 0.2) is 0 Å². The monoisotopic (exact) mass is 399 g/mol. The summed E-state index contributed by atoms with van der Waals surface area (Å²) in [4.78, 5) is 21.7. The fraction of sp³-hybridized carbons (Fsp3) is 0.167. The van der Waals surface area contributed by atoms with Gasteiger partial charge in [0.2, 0.25) is 0 Å². The van der Waals surface area contributed by atoms with Crippen LogP contribution in [-0.2, 0) is 12.9 Å². The Kier molecular flexibility index (Phi) is 4.04. The molecule has 0 saturated heterocycles. The van der Waals surface area contributed by atoms with Crippen LogP contribution in [0.5, 0.6) is 0 Å². The van der Waals surface area contributed by atoms with Crippen LogP contribution in [0.2, 0.25) is 0 Å². The number of urea groups is 1. The van der Waals surface area contributed by atoms with E-state index >= 15 is 0 Å². The largest absolute Gasteiger partial charge is 0.367 e. The van der Waals surface area contributed by atoms with E-state index < -0.39 is 6.50 Å². The van der Waals surface area contributed by atoms with Crippen LogP contribution in [0, 0.1) is 6.92 Å². The normalized spacial score (nSPS) is 14.2. The lowest BCUT2D eigenvalue weighted by molar-refractivity contribution is 0.262. The van der Waals surface area contributed by atoms with Crippen molar-refractivity contribution in [1.29, 1.82) is 0 Å². The number of nitrogens with zero attached hydrogens (tertiary/aromatic N) is 2. The highest BCUT2D eigenvalue weighted by Gasteiger charge is 2.23. The summed E-state index contributed by atoms with van der Waals surface area (Å²) in [5.41, 5.74) is 5.38. The lowest BCUT2D eigenvalue weighted by Gasteiger charge is -2.19. The Labute approximate surface area is 177 Å². The van der Waals surface area contributed by atoms with Gasteiger partial charge >= 0.3 is 6.03 Å². The molecular weight excluding hydrogens is 374 g/mol. The fourth-order valence-corrected chi connectivity index (χ4v) is 3.87. The summed E-state index contributed by atoms with van der Waals surface area (Å²) < 4.78 is 17.8. The van der Waals surface area contributed by atoms with E-state index in [9.17, 15) is 4.79 Å². The Hall–Kier alpha value is -3.80. The first kappa shape index (κ1) is 16.0. The maximum atomic E-state index is 12.6. The first-order valence-corrected chi connectivity index (χ1v) is 9.90. The van der Waals surface area contributed by atoms with Crippen molar-refractivity contribution in [3.05, 3.63) is 83.7 Å². The van der Waals surface area contributed by atoms with Gasteiger partial charge in [0.05, 0.1) is 2.74 Å². The van der Waals surface area contributed by atoms with Gasteiger partial charge in [-0.3, -0.25) is 0 Å². The van der Waals surface area contributed by atoms with E-state index in [4.69, 9.17) is 2.74 Å². The van der Waals surface area contributed by atoms with E-state index in [0.717, 1.165) is 27.9 Å². The van der Waals surface area contributed by atoms with Gasteiger partial charge in [0.25, 0.3) is 0 Å². The number of rotatable bonds is 4. The molecule has 0 saturated carbocycles. The zero-order valence-electron chi connectivity index (χ0n) is 18.6. The molecule has 0 bridgehead atoms. The zero-order valence-corrected chi connectivity index (χ0v) is 16.6. The number of hydrogen-bond donors (Lipinski definition) is 3. The van der Waals surface area contributed by atoms with Crippen LogP contribution >= 0.6 is 0 Å². The molecule has 4 aromatic rings. The molecule has 0 unspecified atom stereocenters. The molecule has 2 aromatic carbocycles. The smallest absolute Gasteiger partial charge is 0.323 e. The lowest BCUT2D eigenvalue weighted by Crippen LogP contribution is -2.20. The molecule has 0 radical (unpaired) electrons. The predicted molar refractivity (Wildman–Crippen MR) is 121 cm³/mol. The standard InChI is InChI=1S/C24H23N5O/c1-16-5-2-6-18(13-16)27-24(30)28-21-8-3-9-22-20(21)10-12-29(22)15-17-14-26-23-19(17)7-4-11-25-23/h2-9,11,13-14H,10,12,15H2,1H3,(H,25,26)(H2,27,28,30)/i15D2. The molecule has 3 heterocycles. The van der Waals surface area contributed by atoms with Gasteiger partial charge in [-0.2, -0.15) is 0 Å². The van der Waals surface area contributed by atoms with Gasteiger partial charge in [-0.15, -0.1) is 0 Å². The highest BCUT2D eigenvalue weighted by atomic mass is 16.2. The third-order valence-corrected chi connectivity index (χ3v) is 5.26. The number of benzene rings is 2. The highest BCUT2D eigenvalue weighted by molar-refractivity contribution is 6.01. The molecule has 0 spiro atoms. The molecule has 30 heavy (non-hydrogen) atoms. The second kappa shape index (κ2) is 7.55. The van der Waals surface area contributed by atoms with Crippen molar-refractivity contribution >= 4 is 34.1 Å². The van der Waals surface area contributed by atoms with Crippen molar-refractivity contribution in [3.63, 3.8) is 0 Å². The zero-order chi connectivity index (χ0) is 22.3. The van der Waals surface area contributed by atoms with Crippen molar-refractivity contribution in [2.24, 2.45) is 0 Å². The molecule has 1 aliphatic heterocycles. The number of carbonyl (C=O) groups is 1. The Morgan fingerprint density at radius 3 is 3.00 bits per heavy atom. The fourth-order valence-electron chi connectivity index (χ4n) is 3.87. The second-order valence-electron chi connectivity index (χ2n) is 7.37. The number of amides is 2. The Morgan fingerprint density at radius 2 is 2.10 bits per heavy atom. The first-order valence-electron chi connectivity index (χ1n) is 10.9. The number of aryl methyl sites for hydroxylation is 1. The summed E-state index contributed by atoms with van der Waals surface area (Å²) in [6, 6.07) is 16.6. The molecule has 6 nitrogen and oxygen atoms in total. The van der Waals surface area contributed by atoms with Gasteiger partial charge < -0.3 is 20.5 Å². The minimum Gasteiger partial charge on any atom is -0.367 e. The number of hydrogen-bond acceptors (Lipinski definition) is 3. The SMILES string of the molecule is [2H]C([2H])(c1c[nH]c2ncccc12)N1CCc2c(NC(=O)Nc3cccc(C)c3)cccc21. The van der Waals surface area contributed by atoms with Crippen LogP contribution < -0.4 is 15.5 Å². The number of carbonyl (C=O) groups excluding carboxylic acids is 1. The van der Waals surface area contributed by atoms with Crippen LogP contribution in [0.3, 0.4) is 0 Å². The van der Waals surface area contributed by atoms with E-state index in [0.29, 0.717) is 29.9 Å². The van der Waals surface area contributed by atoms with Gasteiger partial charge in [-0.1, -0.05) is 18.2 Å². The van der Waals surface area contributed by atoms with Crippen LogP contribution in [0.1, 0.15) is 19.4 Å². The molecule has 3 N–H and O–H groups in total. The maximum Gasteiger partial charge on any atom is 0.323 e. The van der Waals surface area contributed by atoms with Crippen molar-refractivity contribution < 1.29 is 7.54 Å². The average Bonchev–Trinajstić information content (AvgIpc) is 3.39. The summed E-state index contributed by atoms with van der Waals surface area (Å²) in [5.74, 6) is 0. The van der Waals surface area contributed by atoms with Crippen LogP contribution in [-0.4, -0.2) is 22.5 Å². The number of aromatic amines is 1. The molecule has 1 aliphatic rings. The number of nitrogens with one attached hydrogen (secondary N) is 3. The first-order chi connectivity index (χ1) is 15.4. The van der Waals surface area contributed by atoms with Crippen molar-refractivity contribution in [3.8, 4) is 0 Å². The highest BCUT2D eigenvalue weighted by Crippen LogP contribution is 2.35. The minimum atomic E-state index is -1.74. The van der Waals surface area contributed by atoms with Gasteiger partial charge in [-0.05, 0) is 60.9 Å². The Balaban J connectivity index is 1.41. The molecule has 0 atom stereocenters. The van der Waals surface area contributed by atoms with E-state index in [-0.39, 0.29) is 6.03 Å². The lowest BCUT2D eigenvalue weighted by atomic mass is 10.1. The topological polar surface area (TPSA) is 73.0 Å². The molecule has 0 aliphatic carbocycles. The Bertz CT molecular complexity index is 1320. The minimum absolute atomic E-state index is 0.326. The Morgan fingerprint density at radius 1 is 1.20 bits per heavy atom. The molecule has 0 fully saturated rings. The number of anilines is 3. The van der Waals surface area contributed by atoms with E-state index in [2.05, 4.69) is 20.6 Å². The third kappa shape index (κ3) is 3.48. The van der Waals surface area contributed by atoms with Crippen LogP contribution in [0.25, 0.3) is 11.0 Å². The van der Waals surface area contributed by atoms with Crippen molar-refractivity contribution in [1.82, 2.24) is 9.97 Å². The average molecular weight is 399 g/mol. The van der Waals surface area contributed by atoms with Crippen molar-refractivity contribution in [2.75, 3.05) is 22.1 Å². The number of aromatic nitrogens is 2.